The molecule has 0 aliphatic heterocycles. The molecule has 0 saturated carbocycles. The van der Waals surface area contributed by atoms with Gasteiger partial charge < -0.3 is 4.74 Å². The molecule has 2 aromatic rings. The minimum Gasteiger partial charge on any atom is -0.496 e. The average molecular weight is 347 g/mol. The van der Waals surface area contributed by atoms with Gasteiger partial charge in [-0.2, -0.15) is 0 Å². The van der Waals surface area contributed by atoms with Crippen LogP contribution in [0.15, 0.2) is 35.2 Å². The molecule has 0 bridgehead atoms. The van der Waals surface area contributed by atoms with Crippen molar-refractivity contribution < 1.29 is 13.2 Å². The Morgan fingerprint density at radius 1 is 1.04 bits per heavy atom. The summed E-state index contributed by atoms with van der Waals surface area (Å²) in [4.78, 5) is 0.285. The monoisotopic (exact) mass is 347 g/mol. The maximum absolute atomic E-state index is 12.9. The fourth-order valence-electron chi connectivity index (χ4n) is 2.66. The van der Waals surface area contributed by atoms with Crippen molar-refractivity contribution in [2.75, 3.05) is 11.8 Å². The standard InChI is InChI=1S/C19H25NO3S/c1-12(2)16-11-19(14(4)10-18(16)23-6)24(21,22)20-17-9-7-8-13(3)15(17)5/h7-12,20H,1-6H3. The highest BCUT2D eigenvalue weighted by molar-refractivity contribution is 7.92. The Labute approximate surface area is 144 Å². The van der Waals surface area contributed by atoms with E-state index in [1.165, 1.54) is 0 Å². The lowest BCUT2D eigenvalue weighted by Crippen LogP contribution is -2.16. The molecule has 0 amide bonds. The fourth-order valence-corrected chi connectivity index (χ4v) is 4.04. The summed E-state index contributed by atoms with van der Waals surface area (Å²) < 4.78 is 33.9. The number of anilines is 1. The Bertz CT molecular complexity index is 855. The second-order valence-electron chi connectivity index (χ2n) is 6.37. The third-order valence-electron chi connectivity index (χ3n) is 4.29. The molecule has 0 aliphatic carbocycles. The van der Waals surface area contributed by atoms with E-state index in [-0.39, 0.29) is 10.8 Å². The summed E-state index contributed by atoms with van der Waals surface area (Å²) in [7, 11) is -2.07. The van der Waals surface area contributed by atoms with Crippen LogP contribution < -0.4 is 9.46 Å². The summed E-state index contributed by atoms with van der Waals surface area (Å²) in [5.41, 5.74) is 4.12. The van der Waals surface area contributed by atoms with Crippen LogP contribution in [0.4, 0.5) is 5.69 Å². The molecule has 2 aromatic carbocycles. The third-order valence-corrected chi connectivity index (χ3v) is 5.80. The number of nitrogens with one attached hydrogen (secondary N) is 1. The van der Waals surface area contributed by atoms with Crippen LogP contribution in [0, 0.1) is 20.8 Å². The number of benzene rings is 2. The number of aryl methyl sites for hydroxylation is 2. The predicted octanol–water partition coefficient (Wildman–Crippen LogP) is 4.54. The lowest BCUT2D eigenvalue weighted by molar-refractivity contribution is 0.406. The second kappa shape index (κ2) is 6.85. The maximum atomic E-state index is 12.9. The summed E-state index contributed by atoms with van der Waals surface area (Å²) in [6.07, 6.45) is 0. The van der Waals surface area contributed by atoms with Gasteiger partial charge in [0.15, 0.2) is 0 Å². The largest absolute Gasteiger partial charge is 0.496 e. The molecule has 5 heteroatoms. The third kappa shape index (κ3) is 3.56. The van der Waals surface area contributed by atoms with Gasteiger partial charge in [0.1, 0.15) is 5.75 Å². The van der Waals surface area contributed by atoms with E-state index in [0.717, 1.165) is 16.7 Å². The van der Waals surface area contributed by atoms with Crippen molar-refractivity contribution in [2.45, 2.75) is 45.4 Å². The van der Waals surface area contributed by atoms with Crippen molar-refractivity contribution in [2.24, 2.45) is 0 Å². The van der Waals surface area contributed by atoms with Crippen molar-refractivity contribution in [1.29, 1.82) is 0 Å². The van der Waals surface area contributed by atoms with E-state index >= 15 is 0 Å². The van der Waals surface area contributed by atoms with Crippen LogP contribution >= 0.6 is 0 Å². The number of methoxy groups -OCH3 is 1. The van der Waals surface area contributed by atoms with Crippen LogP contribution in [0.25, 0.3) is 0 Å². The molecule has 0 atom stereocenters. The first kappa shape index (κ1) is 18.3. The molecule has 0 fully saturated rings. The van der Waals surface area contributed by atoms with E-state index in [2.05, 4.69) is 4.72 Å². The normalized spacial score (nSPS) is 11.6. The minimum atomic E-state index is -3.67. The number of ether oxygens (including phenoxy) is 1. The zero-order chi connectivity index (χ0) is 18.1. The summed E-state index contributed by atoms with van der Waals surface area (Å²) in [5, 5.41) is 0. The zero-order valence-corrected chi connectivity index (χ0v) is 15.9. The summed E-state index contributed by atoms with van der Waals surface area (Å²) in [5.74, 6) is 0.878. The van der Waals surface area contributed by atoms with Crippen LogP contribution in [0.5, 0.6) is 5.75 Å². The predicted molar refractivity (Wildman–Crippen MR) is 98.5 cm³/mol. The van der Waals surface area contributed by atoms with Gasteiger partial charge in [-0.25, -0.2) is 8.42 Å². The molecule has 0 saturated heterocycles. The number of hydrogen-bond donors (Lipinski definition) is 1. The smallest absolute Gasteiger partial charge is 0.262 e. The van der Waals surface area contributed by atoms with Gasteiger partial charge in [0.25, 0.3) is 10.0 Å². The van der Waals surface area contributed by atoms with E-state index in [4.69, 9.17) is 4.74 Å². The maximum Gasteiger partial charge on any atom is 0.262 e. The molecule has 4 nitrogen and oxygen atoms in total. The van der Waals surface area contributed by atoms with E-state index in [9.17, 15) is 8.42 Å². The molecule has 0 spiro atoms. The molecule has 0 radical (unpaired) electrons. The van der Waals surface area contributed by atoms with Crippen molar-refractivity contribution in [3.05, 3.63) is 52.6 Å². The molecular weight excluding hydrogens is 322 g/mol. The van der Waals surface area contributed by atoms with Crippen molar-refractivity contribution >= 4 is 15.7 Å². The van der Waals surface area contributed by atoms with Crippen LogP contribution in [0.2, 0.25) is 0 Å². The molecule has 2 rings (SSSR count). The molecule has 0 heterocycles. The number of rotatable bonds is 5. The SMILES string of the molecule is COc1cc(C)c(S(=O)(=O)Nc2cccc(C)c2C)cc1C(C)C. The van der Waals surface area contributed by atoms with E-state index in [1.807, 2.05) is 39.8 Å². The van der Waals surface area contributed by atoms with Crippen LogP contribution in [0.1, 0.15) is 42.0 Å². The Hall–Kier alpha value is -2.01. The van der Waals surface area contributed by atoms with E-state index in [0.29, 0.717) is 17.0 Å². The number of hydrogen-bond acceptors (Lipinski definition) is 3. The van der Waals surface area contributed by atoms with E-state index < -0.39 is 10.0 Å². The topological polar surface area (TPSA) is 55.4 Å². The van der Waals surface area contributed by atoms with Gasteiger partial charge >= 0.3 is 0 Å². The van der Waals surface area contributed by atoms with Gasteiger partial charge in [-0.3, -0.25) is 4.72 Å². The van der Waals surface area contributed by atoms with Crippen molar-refractivity contribution in [1.82, 2.24) is 0 Å². The van der Waals surface area contributed by atoms with Gasteiger partial charge in [0.2, 0.25) is 0 Å². The van der Waals surface area contributed by atoms with Crippen molar-refractivity contribution in [3.8, 4) is 5.75 Å². The van der Waals surface area contributed by atoms with Gasteiger partial charge in [0.05, 0.1) is 17.7 Å². The summed E-state index contributed by atoms with van der Waals surface area (Å²) in [6, 6.07) is 9.09. The van der Waals surface area contributed by atoms with E-state index in [1.54, 1.807) is 32.2 Å². The Morgan fingerprint density at radius 2 is 1.71 bits per heavy atom. The van der Waals surface area contributed by atoms with Gasteiger partial charge in [-0.05, 0) is 67.1 Å². The quantitative estimate of drug-likeness (QED) is 0.863. The summed E-state index contributed by atoms with van der Waals surface area (Å²) >= 11 is 0. The fraction of sp³-hybridized carbons (Fsp3) is 0.368. The second-order valence-corrected chi connectivity index (χ2v) is 8.02. The minimum absolute atomic E-state index is 0.162. The molecule has 0 aliphatic rings. The lowest BCUT2D eigenvalue weighted by atomic mass is 10.0. The first-order valence-electron chi connectivity index (χ1n) is 7.95. The Balaban J connectivity index is 2.53. The Kier molecular flexibility index (Phi) is 5.23. The zero-order valence-electron chi connectivity index (χ0n) is 15.1. The van der Waals surface area contributed by atoms with Gasteiger partial charge in [0, 0.05) is 0 Å². The highest BCUT2D eigenvalue weighted by atomic mass is 32.2. The molecular formula is C19H25NO3S. The molecule has 0 aromatic heterocycles. The van der Waals surface area contributed by atoms with Crippen LogP contribution in [0.3, 0.4) is 0 Å². The van der Waals surface area contributed by atoms with Gasteiger partial charge in [-0.1, -0.05) is 26.0 Å². The molecule has 0 unspecified atom stereocenters. The van der Waals surface area contributed by atoms with Crippen molar-refractivity contribution in [3.63, 3.8) is 0 Å². The van der Waals surface area contributed by atoms with Crippen LogP contribution in [-0.4, -0.2) is 15.5 Å². The number of sulfonamides is 1. The average Bonchev–Trinajstić information content (AvgIpc) is 2.50. The molecule has 1 N–H and O–H groups in total. The molecule has 130 valence electrons. The first-order chi connectivity index (χ1) is 11.2. The summed E-state index contributed by atoms with van der Waals surface area (Å²) in [6.45, 7) is 9.68. The first-order valence-corrected chi connectivity index (χ1v) is 9.43. The molecule has 24 heavy (non-hydrogen) atoms. The van der Waals surface area contributed by atoms with Crippen LogP contribution in [-0.2, 0) is 10.0 Å². The lowest BCUT2D eigenvalue weighted by Gasteiger charge is -2.18. The highest BCUT2D eigenvalue weighted by Gasteiger charge is 2.21. The highest BCUT2D eigenvalue weighted by Crippen LogP contribution is 2.32. The Morgan fingerprint density at radius 3 is 2.29 bits per heavy atom. The van der Waals surface area contributed by atoms with Gasteiger partial charge in [-0.15, -0.1) is 0 Å².